The van der Waals surface area contributed by atoms with Gasteiger partial charge in [0.2, 0.25) is 5.91 Å². The van der Waals surface area contributed by atoms with Crippen molar-refractivity contribution in [3.05, 3.63) is 51.5 Å². The zero-order valence-corrected chi connectivity index (χ0v) is 22.8. The largest absolute Gasteiger partial charge is 0.369 e. The summed E-state index contributed by atoms with van der Waals surface area (Å²) in [4.78, 5) is 33.6. The number of urea groups is 1. The summed E-state index contributed by atoms with van der Waals surface area (Å²) in [6, 6.07) is 7.85. The van der Waals surface area contributed by atoms with Crippen molar-refractivity contribution in [2.24, 2.45) is 0 Å². The lowest BCUT2D eigenvalue weighted by Gasteiger charge is -2.48. The Morgan fingerprint density at radius 2 is 2.08 bits per heavy atom. The van der Waals surface area contributed by atoms with Gasteiger partial charge in [0, 0.05) is 61.2 Å². The predicted molar refractivity (Wildman–Crippen MR) is 146 cm³/mol. The average Bonchev–Trinajstić information content (AvgIpc) is 3.28. The molecule has 1 atom stereocenters. The number of aryl methyl sites for hydroxylation is 1. The first kappa shape index (κ1) is 24.8. The van der Waals surface area contributed by atoms with Crippen LogP contribution in [0.4, 0.5) is 4.79 Å². The van der Waals surface area contributed by atoms with Crippen LogP contribution in [-0.2, 0) is 22.5 Å². The quantitative estimate of drug-likeness (QED) is 0.485. The van der Waals surface area contributed by atoms with Crippen LogP contribution >= 0.6 is 22.9 Å². The van der Waals surface area contributed by atoms with Crippen LogP contribution in [0, 0.1) is 6.92 Å². The van der Waals surface area contributed by atoms with Crippen molar-refractivity contribution in [1.29, 1.82) is 0 Å². The zero-order chi connectivity index (χ0) is 25.7. The van der Waals surface area contributed by atoms with Crippen molar-refractivity contribution in [2.45, 2.75) is 57.3 Å². The normalized spacial score (nSPS) is 21.6. The van der Waals surface area contributed by atoms with Gasteiger partial charge in [-0.05, 0) is 67.1 Å². The lowest BCUT2D eigenvalue weighted by atomic mass is 9.78. The predicted octanol–water partition coefficient (Wildman–Crippen LogP) is 5.16. The number of halogens is 1. The van der Waals surface area contributed by atoms with Gasteiger partial charge in [0.15, 0.2) is 0 Å². The maximum absolute atomic E-state index is 12.6. The first-order valence-corrected chi connectivity index (χ1v) is 14.1. The van der Waals surface area contributed by atoms with Gasteiger partial charge >= 0.3 is 6.03 Å². The van der Waals surface area contributed by atoms with Crippen LogP contribution in [-0.4, -0.2) is 65.1 Å². The minimum absolute atomic E-state index is 0.00733. The summed E-state index contributed by atoms with van der Waals surface area (Å²) < 4.78 is 7.65. The molecule has 0 bridgehead atoms. The van der Waals surface area contributed by atoms with Gasteiger partial charge in [0.05, 0.1) is 28.5 Å². The van der Waals surface area contributed by atoms with Crippen LogP contribution in [0.25, 0.3) is 21.3 Å². The van der Waals surface area contributed by atoms with Gasteiger partial charge < -0.3 is 15.0 Å². The number of pyridine rings is 1. The number of morpholine rings is 1. The second kappa shape index (κ2) is 9.66. The molecule has 1 aromatic carbocycles. The van der Waals surface area contributed by atoms with E-state index in [1.165, 1.54) is 16.9 Å². The van der Waals surface area contributed by atoms with E-state index in [2.05, 4.69) is 17.2 Å². The first-order valence-electron chi connectivity index (χ1n) is 12.9. The highest BCUT2D eigenvalue weighted by atomic mass is 35.5. The molecule has 1 unspecified atom stereocenters. The van der Waals surface area contributed by atoms with Gasteiger partial charge in [-0.15, -0.1) is 11.3 Å². The standard InChI is InChI=1S/C28H31ClN4O3S/c1-17-10-18(29)11-23(22(17)12-19-14-30-16-28(36-19)6-3-7-28)21-4-8-31-24-13-20(37-26(21)24)15-33-25(34)5-9-32(2)27(33)35/h4,8,10-11,13,19,30H,3,5-7,9,12,14-16H2,1-2H3. The monoisotopic (exact) mass is 538 g/mol. The fourth-order valence-corrected chi connectivity index (χ4v) is 7.19. The molecule has 3 aromatic rings. The summed E-state index contributed by atoms with van der Waals surface area (Å²) in [6.07, 6.45) is 6.57. The summed E-state index contributed by atoms with van der Waals surface area (Å²) in [5.41, 5.74) is 5.40. The molecule has 3 fully saturated rings. The topological polar surface area (TPSA) is 74.8 Å². The number of aromatic nitrogens is 1. The second-order valence-electron chi connectivity index (χ2n) is 10.6. The first-order chi connectivity index (χ1) is 17.8. The molecule has 0 radical (unpaired) electrons. The Hall–Kier alpha value is -2.52. The molecule has 194 valence electrons. The van der Waals surface area contributed by atoms with Crippen LogP contribution < -0.4 is 5.32 Å². The Balaban J connectivity index is 1.35. The van der Waals surface area contributed by atoms with Crippen molar-refractivity contribution in [1.82, 2.24) is 20.1 Å². The molecule has 6 rings (SSSR count). The second-order valence-corrected chi connectivity index (χ2v) is 12.2. The number of fused-ring (bicyclic) bond motifs is 1. The highest BCUT2D eigenvalue weighted by Gasteiger charge is 2.42. The Labute approximate surface area is 225 Å². The van der Waals surface area contributed by atoms with E-state index in [0.717, 1.165) is 64.1 Å². The third-order valence-corrected chi connectivity index (χ3v) is 9.32. The number of benzene rings is 1. The maximum Gasteiger partial charge on any atom is 0.326 e. The number of amides is 3. The molecule has 4 heterocycles. The molecule has 9 heteroatoms. The van der Waals surface area contributed by atoms with E-state index in [4.69, 9.17) is 16.3 Å². The number of carbonyl (C=O) groups excluding carboxylic acids is 2. The number of carbonyl (C=O) groups is 2. The number of rotatable bonds is 5. The summed E-state index contributed by atoms with van der Waals surface area (Å²) in [5, 5.41) is 4.30. The molecule has 2 aromatic heterocycles. The Morgan fingerprint density at radius 3 is 2.86 bits per heavy atom. The molecule has 3 aliphatic rings. The minimum atomic E-state index is -0.250. The highest BCUT2D eigenvalue weighted by molar-refractivity contribution is 7.19. The number of nitrogens with one attached hydrogen (secondary N) is 1. The number of hydrogen-bond acceptors (Lipinski definition) is 6. The van der Waals surface area contributed by atoms with E-state index >= 15 is 0 Å². The van der Waals surface area contributed by atoms with Gasteiger partial charge in [0.25, 0.3) is 0 Å². The van der Waals surface area contributed by atoms with Gasteiger partial charge in [-0.25, -0.2) is 4.79 Å². The molecule has 2 aliphatic heterocycles. The maximum atomic E-state index is 12.6. The smallest absolute Gasteiger partial charge is 0.326 e. The van der Waals surface area contributed by atoms with Crippen LogP contribution in [0.15, 0.2) is 30.5 Å². The summed E-state index contributed by atoms with van der Waals surface area (Å²) >= 11 is 8.16. The fourth-order valence-electron chi connectivity index (χ4n) is 5.79. The van der Waals surface area contributed by atoms with Crippen LogP contribution in [0.1, 0.15) is 41.7 Å². The molecule has 1 N–H and O–H groups in total. The van der Waals surface area contributed by atoms with Crippen molar-refractivity contribution < 1.29 is 14.3 Å². The number of nitrogens with zero attached hydrogens (tertiary/aromatic N) is 3. The molecule has 37 heavy (non-hydrogen) atoms. The van der Waals surface area contributed by atoms with Gasteiger partial charge in [-0.3, -0.25) is 14.7 Å². The third kappa shape index (κ3) is 4.65. The summed E-state index contributed by atoms with van der Waals surface area (Å²) in [5.74, 6) is -0.133. The molecular formula is C28H31ClN4O3S. The molecule has 7 nitrogen and oxygen atoms in total. The lowest BCUT2D eigenvalue weighted by molar-refractivity contribution is -0.156. The van der Waals surface area contributed by atoms with Crippen molar-refractivity contribution >= 4 is 45.1 Å². The Kier molecular flexibility index (Phi) is 6.47. The van der Waals surface area contributed by atoms with Crippen LogP contribution in [0.3, 0.4) is 0 Å². The third-order valence-electron chi connectivity index (χ3n) is 7.96. The molecule has 1 spiro atoms. The van der Waals surface area contributed by atoms with Crippen LogP contribution in [0.2, 0.25) is 5.02 Å². The fraction of sp³-hybridized carbons (Fsp3) is 0.464. The van der Waals surface area contributed by atoms with Gasteiger partial charge in [-0.2, -0.15) is 0 Å². The number of hydrogen-bond donors (Lipinski definition) is 1. The van der Waals surface area contributed by atoms with Crippen LogP contribution in [0.5, 0.6) is 0 Å². The molecule has 1 aliphatic carbocycles. The van der Waals surface area contributed by atoms with E-state index < -0.39 is 0 Å². The molecule has 1 saturated carbocycles. The number of ether oxygens (including phenoxy) is 1. The Bertz CT molecular complexity index is 1390. The lowest BCUT2D eigenvalue weighted by Crippen LogP contribution is -2.57. The SMILES string of the molecule is Cc1cc(Cl)cc(-c2ccnc3cc(CN4C(=O)CCN(C)C4=O)sc23)c1CC1CNCC2(CCC2)O1. The van der Waals surface area contributed by atoms with E-state index in [-0.39, 0.29) is 30.2 Å². The van der Waals surface area contributed by atoms with Crippen molar-refractivity contribution in [2.75, 3.05) is 26.7 Å². The molecule has 2 saturated heterocycles. The van der Waals surface area contributed by atoms with Gasteiger partial charge in [0.1, 0.15) is 0 Å². The number of thiophene rings is 1. The Morgan fingerprint density at radius 1 is 1.24 bits per heavy atom. The summed E-state index contributed by atoms with van der Waals surface area (Å²) in [7, 11) is 1.73. The summed E-state index contributed by atoms with van der Waals surface area (Å²) in [6.45, 7) is 4.61. The minimum Gasteiger partial charge on any atom is -0.369 e. The van der Waals surface area contributed by atoms with E-state index in [1.807, 2.05) is 30.5 Å². The zero-order valence-electron chi connectivity index (χ0n) is 21.2. The highest BCUT2D eigenvalue weighted by Crippen LogP contribution is 2.41. The van der Waals surface area contributed by atoms with E-state index in [9.17, 15) is 9.59 Å². The number of imide groups is 1. The molecule has 3 amide bonds. The molecular weight excluding hydrogens is 508 g/mol. The van der Waals surface area contributed by atoms with E-state index in [0.29, 0.717) is 18.0 Å². The van der Waals surface area contributed by atoms with E-state index in [1.54, 1.807) is 23.3 Å². The average molecular weight is 539 g/mol. The van der Waals surface area contributed by atoms with Crippen molar-refractivity contribution in [3.63, 3.8) is 0 Å². The van der Waals surface area contributed by atoms with Crippen molar-refractivity contribution in [3.8, 4) is 11.1 Å². The van der Waals surface area contributed by atoms with Gasteiger partial charge in [-0.1, -0.05) is 11.6 Å².